The van der Waals surface area contributed by atoms with Gasteiger partial charge in [-0.1, -0.05) is 25.1 Å². The molecular weight excluding hydrogens is 507 g/mol. The normalized spacial score (nSPS) is 11.9. The summed E-state index contributed by atoms with van der Waals surface area (Å²) in [5, 5.41) is 6.71. The number of nitrogens with zero attached hydrogens (tertiary/aromatic N) is 2. The molecule has 1 heterocycles. The van der Waals surface area contributed by atoms with Crippen LogP contribution in [0.25, 0.3) is 0 Å². The van der Waals surface area contributed by atoms with Gasteiger partial charge in [0.2, 0.25) is 5.88 Å². The summed E-state index contributed by atoms with van der Waals surface area (Å²) in [4.78, 5) is 9.00. The van der Waals surface area contributed by atoms with Crippen molar-refractivity contribution in [3.63, 3.8) is 0 Å². The first-order valence-corrected chi connectivity index (χ1v) is 10.4. The zero-order valence-electron chi connectivity index (χ0n) is 18.9. The van der Waals surface area contributed by atoms with Gasteiger partial charge in [0.25, 0.3) is 0 Å². The molecule has 0 aliphatic rings. The molecule has 7 nitrogen and oxygen atoms in total. The van der Waals surface area contributed by atoms with Crippen LogP contribution >= 0.6 is 24.0 Å². The predicted molar refractivity (Wildman–Crippen MR) is 136 cm³/mol. The molecule has 0 spiro atoms. The molecule has 1 unspecified atom stereocenters. The second kappa shape index (κ2) is 15.7. The van der Waals surface area contributed by atoms with Crippen LogP contribution in [0, 0.1) is 0 Å². The highest BCUT2D eigenvalue weighted by molar-refractivity contribution is 14.0. The molecule has 1 atom stereocenters. The molecule has 2 aromatic rings. The number of hydrogen-bond acceptors (Lipinski definition) is 5. The Hall–Kier alpha value is -2.07. The first kappa shape index (κ1) is 27.0. The maximum absolute atomic E-state index is 5.69. The van der Waals surface area contributed by atoms with Gasteiger partial charge in [-0.3, -0.25) is 0 Å². The fourth-order valence-electron chi connectivity index (χ4n) is 2.91. The number of guanidine groups is 1. The Morgan fingerprint density at radius 3 is 2.55 bits per heavy atom. The lowest BCUT2D eigenvalue weighted by Crippen LogP contribution is -2.38. The van der Waals surface area contributed by atoms with Crippen molar-refractivity contribution in [2.24, 2.45) is 4.99 Å². The summed E-state index contributed by atoms with van der Waals surface area (Å²) in [5.41, 5.74) is 2.24. The van der Waals surface area contributed by atoms with E-state index >= 15 is 0 Å². The number of halogens is 1. The van der Waals surface area contributed by atoms with Gasteiger partial charge in [0, 0.05) is 32.0 Å². The fraction of sp³-hybridized carbons (Fsp3) is 0.478. The van der Waals surface area contributed by atoms with E-state index in [9.17, 15) is 0 Å². The van der Waals surface area contributed by atoms with Crippen LogP contribution in [0.15, 0.2) is 47.6 Å². The molecular formula is C23H35IN4O3. The molecule has 1 aromatic heterocycles. The van der Waals surface area contributed by atoms with Gasteiger partial charge < -0.3 is 24.8 Å². The highest BCUT2D eigenvalue weighted by Gasteiger charge is 2.08. The van der Waals surface area contributed by atoms with Gasteiger partial charge in [0.05, 0.1) is 20.3 Å². The third-order valence-electron chi connectivity index (χ3n) is 4.68. The number of pyridine rings is 1. The Labute approximate surface area is 203 Å². The Morgan fingerprint density at radius 1 is 1.10 bits per heavy atom. The summed E-state index contributed by atoms with van der Waals surface area (Å²) in [5.74, 6) is 2.70. The topological polar surface area (TPSA) is 77.0 Å². The van der Waals surface area contributed by atoms with E-state index in [4.69, 9.17) is 19.2 Å². The molecule has 172 valence electrons. The van der Waals surface area contributed by atoms with Crippen LogP contribution < -0.4 is 20.1 Å². The Bertz CT molecular complexity index is 772. The Balaban J connectivity index is 0.00000480. The lowest BCUT2D eigenvalue weighted by Gasteiger charge is -2.15. The number of aliphatic imine (C=N–C) groups is 1. The Morgan fingerprint density at radius 2 is 1.87 bits per heavy atom. The van der Waals surface area contributed by atoms with E-state index < -0.39 is 0 Å². The molecule has 0 saturated heterocycles. The second-order valence-electron chi connectivity index (χ2n) is 6.89. The molecule has 0 amide bonds. The standard InChI is InChI=1S/C23H34N4O3.HI/c1-5-24-23(26-14-12-18(2)19-8-10-21(29-4)11-9-19)27-17-20-7-6-13-25-22(20)30-16-15-28-3;/h6-11,13,18H,5,12,14-17H2,1-4H3,(H2,24,26,27);1H. The minimum absolute atomic E-state index is 0. The second-order valence-corrected chi connectivity index (χ2v) is 6.89. The maximum Gasteiger partial charge on any atom is 0.218 e. The number of hydrogen-bond donors (Lipinski definition) is 2. The SMILES string of the molecule is CCNC(=NCc1cccnc1OCCOC)NCCC(C)c1ccc(OC)cc1.I. The summed E-state index contributed by atoms with van der Waals surface area (Å²) in [6, 6.07) is 12.1. The zero-order chi connectivity index (χ0) is 21.6. The number of ether oxygens (including phenoxy) is 3. The van der Waals surface area contributed by atoms with Crippen LogP contribution in [0.3, 0.4) is 0 Å². The molecule has 0 radical (unpaired) electrons. The average Bonchev–Trinajstić information content (AvgIpc) is 2.78. The van der Waals surface area contributed by atoms with Crippen LogP contribution in [0.1, 0.15) is 37.3 Å². The molecule has 0 saturated carbocycles. The minimum Gasteiger partial charge on any atom is -0.497 e. The molecule has 31 heavy (non-hydrogen) atoms. The van der Waals surface area contributed by atoms with Crippen LogP contribution in [-0.4, -0.2) is 51.5 Å². The van der Waals surface area contributed by atoms with E-state index in [1.165, 1.54) is 5.56 Å². The van der Waals surface area contributed by atoms with Gasteiger partial charge in [0.1, 0.15) is 12.4 Å². The third kappa shape index (κ3) is 9.73. The first-order valence-electron chi connectivity index (χ1n) is 10.4. The summed E-state index contributed by atoms with van der Waals surface area (Å²) in [7, 11) is 3.33. The van der Waals surface area contributed by atoms with Crippen molar-refractivity contribution in [1.82, 2.24) is 15.6 Å². The Kier molecular flexibility index (Phi) is 13.6. The summed E-state index contributed by atoms with van der Waals surface area (Å²) in [6.45, 7) is 7.38. The van der Waals surface area contributed by atoms with Crippen molar-refractivity contribution >= 4 is 29.9 Å². The van der Waals surface area contributed by atoms with Gasteiger partial charge in [0.15, 0.2) is 5.96 Å². The highest BCUT2D eigenvalue weighted by atomic mass is 127. The van der Waals surface area contributed by atoms with Crippen LogP contribution in [-0.2, 0) is 11.3 Å². The van der Waals surface area contributed by atoms with E-state index in [0.29, 0.717) is 31.6 Å². The number of aromatic nitrogens is 1. The maximum atomic E-state index is 5.69. The zero-order valence-corrected chi connectivity index (χ0v) is 21.2. The largest absolute Gasteiger partial charge is 0.497 e. The van der Waals surface area contributed by atoms with Crippen LogP contribution in [0.4, 0.5) is 0 Å². The fourth-order valence-corrected chi connectivity index (χ4v) is 2.91. The molecule has 8 heteroatoms. The highest BCUT2D eigenvalue weighted by Crippen LogP contribution is 2.21. The van der Waals surface area contributed by atoms with Gasteiger partial charge in [-0.15, -0.1) is 24.0 Å². The minimum atomic E-state index is 0. The van der Waals surface area contributed by atoms with Crippen molar-refractivity contribution in [3.05, 3.63) is 53.7 Å². The van der Waals surface area contributed by atoms with E-state index in [0.717, 1.165) is 36.8 Å². The number of benzene rings is 1. The van der Waals surface area contributed by atoms with Gasteiger partial charge in [-0.25, -0.2) is 9.98 Å². The van der Waals surface area contributed by atoms with Crippen molar-refractivity contribution < 1.29 is 14.2 Å². The van der Waals surface area contributed by atoms with Crippen LogP contribution in [0.2, 0.25) is 0 Å². The molecule has 0 aliphatic heterocycles. The lowest BCUT2D eigenvalue weighted by atomic mass is 9.98. The third-order valence-corrected chi connectivity index (χ3v) is 4.68. The van der Waals surface area contributed by atoms with Crippen molar-refractivity contribution in [1.29, 1.82) is 0 Å². The van der Waals surface area contributed by atoms with E-state index in [-0.39, 0.29) is 24.0 Å². The van der Waals surface area contributed by atoms with E-state index in [1.807, 2.05) is 24.3 Å². The van der Waals surface area contributed by atoms with Gasteiger partial charge in [-0.05, 0) is 43.0 Å². The molecule has 2 N–H and O–H groups in total. The number of rotatable bonds is 12. The van der Waals surface area contributed by atoms with E-state index in [1.54, 1.807) is 20.4 Å². The van der Waals surface area contributed by atoms with Crippen molar-refractivity contribution in [2.75, 3.05) is 40.5 Å². The quantitative estimate of drug-likeness (QED) is 0.183. The lowest BCUT2D eigenvalue weighted by molar-refractivity contribution is 0.143. The monoisotopic (exact) mass is 542 g/mol. The van der Waals surface area contributed by atoms with Crippen LogP contribution in [0.5, 0.6) is 11.6 Å². The van der Waals surface area contributed by atoms with E-state index in [2.05, 4.69) is 41.6 Å². The molecule has 0 fully saturated rings. The number of methoxy groups -OCH3 is 2. The number of nitrogens with one attached hydrogen (secondary N) is 2. The first-order chi connectivity index (χ1) is 14.7. The molecule has 0 bridgehead atoms. The summed E-state index contributed by atoms with van der Waals surface area (Å²) in [6.07, 6.45) is 2.72. The van der Waals surface area contributed by atoms with Gasteiger partial charge in [-0.2, -0.15) is 0 Å². The smallest absolute Gasteiger partial charge is 0.218 e. The summed E-state index contributed by atoms with van der Waals surface area (Å²) < 4.78 is 16.0. The predicted octanol–water partition coefficient (Wildman–Crippen LogP) is 3.98. The summed E-state index contributed by atoms with van der Waals surface area (Å²) >= 11 is 0. The molecule has 0 aliphatic carbocycles. The van der Waals surface area contributed by atoms with Crippen molar-refractivity contribution in [3.8, 4) is 11.6 Å². The average molecular weight is 542 g/mol. The molecule has 1 aromatic carbocycles. The van der Waals surface area contributed by atoms with Gasteiger partial charge >= 0.3 is 0 Å². The molecule has 2 rings (SSSR count). The van der Waals surface area contributed by atoms with Crippen molar-refractivity contribution in [2.45, 2.75) is 32.7 Å².